The number of nitro benzene ring substituents is 1. The summed E-state index contributed by atoms with van der Waals surface area (Å²) in [4.78, 5) is 34.0. The minimum atomic E-state index is -1.16. The van der Waals surface area contributed by atoms with Crippen LogP contribution in [0.3, 0.4) is 0 Å². The van der Waals surface area contributed by atoms with Crippen LogP contribution in [0.25, 0.3) is 16.8 Å². The average molecular weight is 363 g/mol. The van der Waals surface area contributed by atoms with Gasteiger partial charge in [-0.1, -0.05) is 24.3 Å². The summed E-state index contributed by atoms with van der Waals surface area (Å²) in [5, 5.41) is 24.6. The molecule has 0 aliphatic rings. The zero-order valence-electron chi connectivity index (χ0n) is 13.9. The fraction of sp³-hybridized carbons (Fsp3) is 0. The molecule has 8 nitrogen and oxygen atoms in total. The number of non-ortho nitro benzene ring substituents is 1. The van der Waals surface area contributed by atoms with E-state index in [0.717, 1.165) is 4.68 Å². The van der Waals surface area contributed by atoms with E-state index in [9.17, 15) is 24.8 Å². The van der Waals surface area contributed by atoms with Crippen LogP contribution in [0.5, 0.6) is 0 Å². The van der Waals surface area contributed by atoms with Crippen LogP contribution in [0, 0.1) is 10.1 Å². The lowest BCUT2D eigenvalue weighted by atomic mass is 10.1. The number of fused-ring (bicyclic) bond motifs is 1. The number of hydrogen-bond donors (Lipinski definition) is 1. The molecule has 0 aliphatic carbocycles. The number of carboxylic acids is 1. The minimum absolute atomic E-state index is 0.00951. The summed E-state index contributed by atoms with van der Waals surface area (Å²) < 4.78 is 0.964. The number of aromatic nitrogens is 1. The van der Waals surface area contributed by atoms with Gasteiger partial charge in [-0.05, 0) is 29.8 Å². The molecule has 2 aromatic carbocycles. The molecule has 0 radical (unpaired) electrons. The molecule has 0 spiro atoms. The maximum absolute atomic E-state index is 12.4. The molecule has 0 fully saturated rings. The van der Waals surface area contributed by atoms with E-state index in [1.165, 1.54) is 24.5 Å². The molecule has 134 valence electrons. The van der Waals surface area contributed by atoms with E-state index in [2.05, 4.69) is 5.10 Å². The molecular formula is C19H13N3O5. The molecule has 0 aliphatic heterocycles. The molecule has 0 bridgehead atoms. The number of benzene rings is 2. The molecular weight excluding hydrogens is 350 g/mol. The predicted octanol–water partition coefficient (Wildman–Crippen LogP) is 3.16. The van der Waals surface area contributed by atoms with Gasteiger partial charge in [0.25, 0.3) is 11.2 Å². The number of nitro groups is 1. The SMILES string of the molecule is O=C(O)c1cn(/N=C/C=C/c2ccc([N+](=O)[O-])cc2)c(=O)c2ccccc12. The van der Waals surface area contributed by atoms with E-state index < -0.39 is 16.5 Å². The summed E-state index contributed by atoms with van der Waals surface area (Å²) >= 11 is 0. The van der Waals surface area contributed by atoms with Gasteiger partial charge in [-0.3, -0.25) is 14.9 Å². The topological polar surface area (TPSA) is 115 Å². The Morgan fingerprint density at radius 3 is 2.41 bits per heavy atom. The highest BCUT2D eigenvalue weighted by atomic mass is 16.6. The summed E-state index contributed by atoms with van der Waals surface area (Å²) in [6, 6.07) is 12.3. The summed E-state index contributed by atoms with van der Waals surface area (Å²) in [5.41, 5.74) is 0.242. The van der Waals surface area contributed by atoms with Crippen molar-refractivity contribution >= 4 is 34.7 Å². The van der Waals surface area contributed by atoms with Crippen LogP contribution in [0.1, 0.15) is 15.9 Å². The number of allylic oxidation sites excluding steroid dienone is 1. The monoisotopic (exact) mass is 363 g/mol. The zero-order valence-corrected chi connectivity index (χ0v) is 13.9. The van der Waals surface area contributed by atoms with Gasteiger partial charge in [-0.25, -0.2) is 9.47 Å². The van der Waals surface area contributed by atoms with Crippen molar-refractivity contribution < 1.29 is 14.8 Å². The van der Waals surface area contributed by atoms with E-state index in [1.807, 2.05) is 0 Å². The van der Waals surface area contributed by atoms with E-state index in [-0.39, 0.29) is 16.6 Å². The number of nitrogens with zero attached hydrogens (tertiary/aromatic N) is 3. The highest BCUT2D eigenvalue weighted by Crippen LogP contribution is 2.15. The van der Waals surface area contributed by atoms with Gasteiger partial charge in [0.1, 0.15) is 0 Å². The van der Waals surface area contributed by atoms with E-state index in [1.54, 1.807) is 48.6 Å². The van der Waals surface area contributed by atoms with Crippen LogP contribution in [0.4, 0.5) is 5.69 Å². The summed E-state index contributed by atoms with van der Waals surface area (Å²) in [7, 11) is 0. The standard InChI is InChI=1S/C19H13N3O5/c23-18-16-6-2-1-5-15(16)17(19(24)25)12-21(18)20-11-3-4-13-7-9-14(10-8-13)22(26)27/h1-12H,(H,24,25)/b4-3+,20-11+. The number of carbonyl (C=O) groups is 1. The molecule has 8 heteroatoms. The molecule has 3 aromatic rings. The predicted molar refractivity (Wildman–Crippen MR) is 101 cm³/mol. The molecule has 1 aromatic heterocycles. The molecule has 0 amide bonds. The Labute approximate surface area is 152 Å². The number of carboxylic acid groups (broad SMARTS) is 1. The first-order chi connectivity index (χ1) is 13.0. The van der Waals surface area contributed by atoms with Gasteiger partial charge in [-0.2, -0.15) is 5.10 Å². The van der Waals surface area contributed by atoms with Gasteiger partial charge in [0.05, 0.1) is 10.5 Å². The Balaban J connectivity index is 1.90. The van der Waals surface area contributed by atoms with Gasteiger partial charge in [0, 0.05) is 35.3 Å². The fourth-order valence-electron chi connectivity index (χ4n) is 2.51. The molecule has 1 N–H and O–H groups in total. The first kappa shape index (κ1) is 17.7. The molecule has 0 unspecified atom stereocenters. The second kappa shape index (κ2) is 7.44. The Morgan fingerprint density at radius 2 is 1.78 bits per heavy atom. The molecule has 0 saturated heterocycles. The Morgan fingerprint density at radius 1 is 1.11 bits per heavy atom. The maximum atomic E-state index is 12.4. The van der Waals surface area contributed by atoms with Crippen LogP contribution in [-0.2, 0) is 0 Å². The quantitative estimate of drug-likeness (QED) is 0.425. The first-order valence-corrected chi connectivity index (χ1v) is 7.80. The lowest BCUT2D eigenvalue weighted by molar-refractivity contribution is -0.384. The maximum Gasteiger partial charge on any atom is 0.337 e. The zero-order chi connectivity index (χ0) is 19.4. The highest BCUT2D eigenvalue weighted by Gasteiger charge is 2.12. The van der Waals surface area contributed by atoms with Gasteiger partial charge < -0.3 is 5.11 Å². The highest BCUT2D eigenvalue weighted by molar-refractivity contribution is 6.03. The first-order valence-electron chi connectivity index (χ1n) is 7.80. The van der Waals surface area contributed by atoms with Crippen molar-refractivity contribution in [1.29, 1.82) is 0 Å². The normalized spacial score (nSPS) is 11.4. The number of rotatable bonds is 5. The molecule has 3 rings (SSSR count). The van der Waals surface area contributed by atoms with Crippen LogP contribution in [0.2, 0.25) is 0 Å². The third kappa shape index (κ3) is 3.79. The van der Waals surface area contributed by atoms with Crippen LogP contribution >= 0.6 is 0 Å². The van der Waals surface area contributed by atoms with Crippen molar-refractivity contribution in [2.45, 2.75) is 0 Å². The van der Waals surface area contributed by atoms with Gasteiger partial charge in [0.2, 0.25) is 0 Å². The summed E-state index contributed by atoms with van der Waals surface area (Å²) in [6.07, 6.45) is 5.70. The van der Waals surface area contributed by atoms with Crippen molar-refractivity contribution in [3.8, 4) is 0 Å². The second-order valence-corrected chi connectivity index (χ2v) is 5.52. The van der Waals surface area contributed by atoms with Gasteiger partial charge in [0.15, 0.2) is 0 Å². The molecule has 1 heterocycles. The third-order valence-corrected chi connectivity index (χ3v) is 3.81. The van der Waals surface area contributed by atoms with Gasteiger partial charge >= 0.3 is 5.97 Å². The minimum Gasteiger partial charge on any atom is -0.478 e. The Bertz CT molecular complexity index is 1140. The second-order valence-electron chi connectivity index (χ2n) is 5.52. The molecule has 0 atom stereocenters. The lowest BCUT2D eigenvalue weighted by Crippen LogP contribution is -2.18. The molecule has 27 heavy (non-hydrogen) atoms. The van der Waals surface area contributed by atoms with Crippen molar-refractivity contribution in [2.75, 3.05) is 0 Å². The van der Waals surface area contributed by atoms with Crippen LogP contribution < -0.4 is 5.56 Å². The van der Waals surface area contributed by atoms with E-state index in [0.29, 0.717) is 10.9 Å². The van der Waals surface area contributed by atoms with Gasteiger partial charge in [-0.15, -0.1) is 0 Å². The van der Waals surface area contributed by atoms with E-state index in [4.69, 9.17) is 0 Å². The number of pyridine rings is 1. The third-order valence-electron chi connectivity index (χ3n) is 3.81. The smallest absolute Gasteiger partial charge is 0.337 e. The fourth-order valence-corrected chi connectivity index (χ4v) is 2.51. The van der Waals surface area contributed by atoms with Crippen molar-refractivity contribution in [1.82, 2.24) is 4.68 Å². The van der Waals surface area contributed by atoms with Crippen molar-refractivity contribution in [3.63, 3.8) is 0 Å². The average Bonchev–Trinajstić information content (AvgIpc) is 2.67. The number of aromatic carboxylic acids is 1. The van der Waals surface area contributed by atoms with Crippen molar-refractivity contribution in [3.05, 3.63) is 92.4 Å². The Hall–Kier alpha value is -4.07. The summed E-state index contributed by atoms with van der Waals surface area (Å²) in [5.74, 6) is -1.16. The van der Waals surface area contributed by atoms with E-state index >= 15 is 0 Å². The number of hydrogen-bond acceptors (Lipinski definition) is 5. The largest absolute Gasteiger partial charge is 0.478 e. The summed E-state index contributed by atoms with van der Waals surface area (Å²) in [6.45, 7) is 0. The lowest BCUT2D eigenvalue weighted by Gasteiger charge is -2.05. The van der Waals surface area contributed by atoms with Crippen LogP contribution in [0.15, 0.2) is 70.7 Å². The Kier molecular flexibility index (Phi) is 4.89. The molecule has 0 saturated carbocycles. The van der Waals surface area contributed by atoms with Crippen LogP contribution in [-0.4, -0.2) is 26.9 Å². The van der Waals surface area contributed by atoms with Crippen molar-refractivity contribution in [2.24, 2.45) is 5.10 Å².